The van der Waals surface area contributed by atoms with Gasteiger partial charge in [-0.15, -0.1) is 0 Å². The first-order chi connectivity index (χ1) is 7.90. The van der Waals surface area contributed by atoms with Crippen LogP contribution in [0.3, 0.4) is 0 Å². The number of esters is 1. The molecule has 0 heterocycles. The van der Waals surface area contributed by atoms with Crippen LogP contribution >= 0.6 is 0 Å². The third kappa shape index (κ3) is 4.69. The summed E-state index contributed by atoms with van der Waals surface area (Å²) in [5, 5.41) is 0. The van der Waals surface area contributed by atoms with Crippen LogP contribution in [0.1, 0.15) is 60.3 Å². The van der Waals surface area contributed by atoms with E-state index in [0.29, 0.717) is 24.2 Å². The largest absolute Gasteiger partial charge is 0.463 e. The van der Waals surface area contributed by atoms with Crippen LogP contribution in [0.5, 0.6) is 0 Å². The lowest BCUT2D eigenvalue weighted by Crippen LogP contribution is -2.30. The van der Waals surface area contributed by atoms with Gasteiger partial charge in [-0.05, 0) is 50.4 Å². The molecule has 3 atom stereocenters. The van der Waals surface area contributed by atoms with Gasteiger partial charge in [0, 0.05) is 6.42 Å². The fourth-order valence-electron chi connectivity index (χ4n) is 3.16. The van der Waals surface area contributed by atoms with E-state index in [0.717, 1.165) is 5.92 Å². The normalized spacial score (nSPS) is 29.7. The number of hydrogen-bond donors (Lipinski definition) is 0. The minimum atomic E-state index is -0.00949. The maximum atomic E-state index is 11.8. The molecule has 0 aromatic heterocycles. The molecular formula is C15H28O2. The molecule has 100 valence electrons. The topological polar surface area (TPSA) is 26.3 Å². The molecule has 0 aromatic rings. The number of carbonyl (C=O) groups excluding carboxylic acids is 1. The molecule has 0 radical (unpaired) electrons. The Morgan fingerprint density at radius 3 is 2.41 bits per heavy atom. The number of rotatable bonds is 4. The average Bonchev–Trinajstić information content (AvgIpc) is 2.15. The van der Waals surface area contributed by atoms with Gasteiger partial charge >= 0.3 is 5.97 Å². The van der Waals surface area contributed by atoms with Crippen LogP contribution in [-0.4, -0.2) is 12.1 Å². The van der Waals surface area contributed by atoms with E-state index in [1.54, 1.807) is 0 Å². The Kier molecular flexibility index (Phi) is 5.48. The van der Waals surface area contributed by atoms with Gasteiger partial charge in [0.15, 0.2) is 0 Å². The first kappa shape index (κ1) is 14.5. The predicted octanol–water partition coefficient (Wildman–Crippen LogP) is 4.04. The molecule has 0 unspecified atom stereocenters. The molecule has 0 aliphatic heterocycles. The van der Waals surface area contributed by atoms with E-state index in [1.165, 1.54) is 19.3 Å². The van der Waals surface area contributed by atoms with Gasteiger partial charge in [0.2, 0.25) is 0 Å². The van der Waals surface area contributed by atoms with Crippen molar-refractivity contribution in [1.82, 2.24) is 0 Å². The summed E-state index contributed by atoms with van der Waals surface area (Å²) in [6.45, 7) is 10.7. The zero-order valence-corrected chi connectivity index (χ0v) is 12.0. The van der Waals surface area contributed by atoms with E-state index in [2.05, 4.69) is 20.8 Å². The van der Waals surface area contributed by atoms with E-state index in [9.17, 15) is 4.79 Å². The fourth-order valence-corrected chi connectivity index (χ4v) is 3.16. The van der Waals surface area contributed by atoms with Gasteiger partial charge < -0.3 is 4.74 Å². The second kappa shape index (κ2) is 6.42. The van der Waals surface area contributed by atoms with Gasteiger partial charge in [0.25, 0.3) is 0 Å². The highest BCUT2D eigenvalue weighted by molar-refractivity contribution is 5.69. The molecule has 17 heavy (non-hydrogen) atoms. The lowest BCUT2D eigenvalue weighted by atomic mass is 9.69. The van der Waals surface area contributed by atoms with Crippen LogP contribution in [0.15, 0.2) is 0 Å². The molecule has 1 rings (SSSR count). The van der Waals surface area contributed by atoms with Crippen molar-refractivity contribution >= 4 is 5.97 Å². The summed E-state index contributed by atoms with van der Waals surface area (Å²) in [7, 11) is 0. The molecule has 1 aliphatic rings. The molecule has 0 amide bonds. The molecule has 1 aliphatic carbocycles. The molecule has 2 nitrogen and oxygen atoms in total. The zero-order valence-electron chi connectivity index (χ0n) is 12.0. The zero-order chi connectivity index (χ0) is 13.0. The SMILES string of the molecule is CC(C)OC(=O)C[C@H]1C[C@H](C)CC[C@H]1C(C)C. The standard InChI is InChI=1S/C15H28O2/c1-10(2)14-7-6-12(5)8-13(14)9-15(16)17-11(3)4/h10-14H,6-9H2,1-5H3/t12-,13-,14+/m1/s1. The lowest BCUT2D eigenvalue weighted by molar-refractivity contribution is -0.149. The smallest absolute Gasteiger partial charge is 0.306 e. The van der Waals surface area contributed by atoms with E-state index in [4.69, 9.17) is 4.74 Å². The highest BCUT2D eigenvalue weighted by Crippen LogP contribution is 2.39. The second-order valence-electron chi connectivity index (χ2n) is 6.33. The Hall–Kier alpha value is -0.530. The highest BCUT2D eigenvalue weighted by atomic mass is 16.5. The van der Waals surface area contributed by atoms with Crippen molar-refractivity contribution in [1.29, 1.82) is 0 Å². The summed E-state index contributed by atoms with van der Waals surface area (Å²) in [5.74, 6) is 2.67. The van der Waals surface area contributed by atoms with Crippen molar-refractivity contribution in [2.45, 2.75) is 66.4 Å². The van der Waals surface area contributed by atoms with Crippen LogP contribution in [0.4, 0.5) is 0 Å². The maximum absolute atomic E-state index is 11.8. The van der Waals surface area contributed by atoms with Crippen molar-refractivity contribution in [2.75, 3.05) is 0 Å². The monoisotopic (exact) mass is 240 g/mol. The molecule has 1 fully saturated rings. The summed E-state index contributed by atoms with van der Waals surface area (Å²) in [6, 6.07) is 0. The summed E-state index contributed by atoms with van der Waals surface area (Å²) in [6.07, 6.45) is 4.42. The Morgan fingerprint density at radius 1 is 1.24 bits per heavy atom. The van der Waals surface area contributed by atoms with Crippen molar-refractivity contribution in [3.8, 4) is 0 Å². The Morgan fingerprint density at radius 2 is 1.88 bits per heavy atom. The molecule has 0 aromatic carbocycles. The van der Waals surface area contributed by atoms with Crippen LogP contribution in [0.2, 0.25) is 0 Å². The Labute approximate surface area is 106 Å². The average molecular weight is 240 g/mol. The first-order valence-electron chi connectivity index (χ1n) is 7.09. The third-order valence-corrected chi connectivity index (χ3v) is 3.96. The fraction of sp³-hybridized carbons (Fsp3) is 0.933. The summed E-state index contributed by atoms with van der Waals surface area (Å²) >= 11 is 0. The molecule has 1 saturated carbocycles. The molecule has 0 saturated heterocycles. The van der Waals surface area contributed by atoms with Gasteiger partial charge in [-0.25, -0.2) is 0 Å². The quantitative estimate of drug-likeness (QED) is 0.693. The predicted molar refractivity (Wildman–Crippen MR) is 70.7 cm³/mol. The van der Waals surface area contributed by atoms with Gasteiger partial charge in [-0.1, -0.05) is 27.2 Å². The van der Waals surface area contributed by atoms with Crippen LogP contribution in [0.25, 0.3) is 0 Å². The maximum Gasteiger partial charge on any atom is 0.306 e. The van der Waals surface area contributed by atoms with Crippen molar-refractivity contribution in [2.24, 2.45) is 23.7 Å². The summed E-state index contributed by atoms with van der Waals surface area (Å²) in [5.41, 5.74) is 0. The highest BCUT2D eigenvalue weighted by Gasteiger charge is 2.32. The first-order valence-corrected chi connectivity index (χ1v) is 7.09. The van der Waals surface area contributed by atoms with Gasteiger partial charge in [-0.2, -0.15) is 0 Å². The summed E-state index contributed by atoms with van der Waals surface area (Å²) < 4.78 is 5.28. The van der Waals surface area contributed by atoms with Crippen LogP contribution in [0, 0.1) is 23.7 Å². The molecule has 2 heteroatoms. The third-order valence-electron chi connectivity index (χ3n) is 3.96. The van der Waals surface area contributed by atoms with E-state index >= 15 is 0 Å². The molecular weight excluding hydrogens is 212 g/mol. The van der Waals surface area contributed by atoms with Crippen LogP contribution in [-0.2, 0) is 9.53 Å². The summed E-state index contributed by atoms with van der Waals surface area (Å²) in [4.78, 5) is 11.8. The van der Waals surface area contributed by atoms with E-state index in [-0.39, 0.29) is 12.1 Å². The second-order valence-corrected chi connectivity index (χ2v) is 6.33. The molecule has 0 bridgehead atoms. The number of ether oxygens (including phenoxy) is 1. The molecule has 0 N–H and O–H groups in total. The van der Waals surface area contributed by atoms with Gasteiger partial charge in [0.05, 0.1) is 6.10 Å². The lowest BCUT2D eigenvalue weighted by Gasteiger charge is -2.37. The van der Waals surface area contributed by atoms with Gasteiger partial charge in [-0.3, -0.25) is 4.79 Å². The molecule has 0 spiro atoms. The van der Waals surface area contributed by atoms with Crippen LogP contribution < -0.4 is 0 Å². The van der Waals surface area contributed by atoms with Crippen molar-refractivity contribution in [3.63, 3.8) is 0 Å². The Balaban J connectivity index is 2.54. The van der Waals surface area contributed by atoms with Gasteiger partial charge in [0.1, 0.15) is 0 Å². The minimum Gasteiger partial charge on any atom is -0.463 e. The van der Waals surface area contributed by atoms with Crippen molar-refractivity contribution in [3.05, 3.63) is 0 Å². The van der Waals surface area contributed by atoms with E-state index < -0.39 is 0 Å². The number of hydrogen-bond acceptors (Lipinski definition) is 2. The van der Waals surface area contributed by atoms with E-state index in [1.807, 2.05) is 13.8 Å². The Bertz CT molecular complexity index is 245. The number of carbonyl (C=O) groups is 1. The minimum absolute atomic E-state index is 0.00949. The van der Waals surface area contributed by atoms with Crippen molar-refractivity contribution < 1.29 is 9.53 Å².